The summed E-state index contributed by atoms with van der Waals surface area (Å²) in [6.07, 6.45) is -0.878. The van der Waals surface area contributed by atoms with E-state index in [4.69, 9.17) is 9.84 Å². The fourth-order valence-electron chi connectivity index (χ4n) is 5.47. The van der Waals surface area contributed by atoms with E-state index in [0.717, 1.165) is 65.6 Å². The average Bonchev–Trinajstić information content (AvgIpc) is 2.91. The van der Waals surface area contributed by atoms with E-state index >= 15 is 0 Å². The van der Waals surface area contributed by atoms with Crippen molar-refractivity contribution in [1.29, 1.82) is 0 Å². The topological polar surface area (TPSA) is 75.6 Å². The van der Waals surface area contributed by atoms with Crippen molar-refractivity contribution in [3.8, 4) is 16.9 Å². The summed E-state index contributed by atoms with van der Waals surface area (Å²) in [5, 5.41) is 11.4. The largest absolute Gasteiger partial charge is 0.493 e. The second-order valence-electron chi connectivity index (χ2n) is 10.6. The van der Waals surface area contributed by atoms with Crippen LogP contribution in [0.4, 0.5) is 13.2 Å². The monoisotopic (exact) mass is 569 g/mol. The molecule has 0 fully saturated rings. The first-order chi connectivity index (χ1) is 19.4. The Labute approximate surface area is 239 Å². The maximum Gasteiger partial charge on any atom is 0.416 e. The van der Waals surface area contributed by atoms with E-state index in [9.17, 15) is 22.8 Å². The van der Waals surface area contributed by atoms with Gasteiger partial charge in [-0.3, -0.25) is 9.59 Å². The first-order valence-corrected chi connectivity index (χ1v) is 13.9. The molecule has 0 aliphatic carbocycles. The lowest BCUT2D eigenvalue weighted by Gasteiger charge is -2.34. The van der Waals surface area contributed by atoms with Gasteiger partial charge < -0.3 is 15.2 Å². The van der Waals surface area contributed by atoms with Gasteiger partial charge in [-0.05, 0) is 90.9 Å². The Hall–Kier alpha value is -3.81. The third-order valence-electron chi connectivity index (χ3n) is 7.36. The summed E-state index contributed by atoms with van der Waals surface area (Å²) >= 11 is 0. The Morgan fingerprint density at radius 1 is 0.854 bits per heavy atom. The number of halogens is 3. The zero-order valence-electron chi connectivity index (χ0n) is 24.0. The highest BCUT2D eigenvalue weighted by molar-refractivity contribution is 5.94. The molecule has 0 radical (unpaired) electrons. The minimum atomic E-state index is -4.38. The van der Waals surface area contributed by atoms with Gasteiger partial charge >= 0.3 is 12.1 Å². The molecule has 2 N–H and O–H groups in total. The number of benzene rings is 3. The standard InChI is InChI=1S/C33H38F3NO4/c1-5-16-32(17-6-2,26-11-9-25(10-12-26)31(40)37-18-15-29(38)39)21-41-28-19-22(3)30(23(4)20-28)24-7-13-27(14-8-24)33(34,35)36/h7-14,19-20H,5-6,15-18,21H2,1-4H3,(H,37,40)(H,38,39). The van der Waals surface area contributed by atoms with Gasteiger partial charge in [0, 0.05) is 17.5 Å². The van der Waals surface area contributed by atoms with Crippen molar-refractivity contribution in [2.45, 2.75) is 71.4 Å². The van der Waals surface area contributed by atoms with Crippen LogP contribution in [0, 0.1) is 13.8 Å². The van der Waals surface area contributed by atoms with Crippen molar-refractivity contribution < 1.29 is 32.6 Å². The van der Waals surface area contributed by atoms with Crippen molar-refractivity contribution in [1.82, 2.24) is 5.32 Å². The SMILES string of the molecule is CCCC(CCC)(COc1cc(C)c(-c2ccc(C(F)(F)F)cc2)c(C)c1)c1ccc(C(=O)NCCC(=O)O)cc1. The molecule has 5 nitrogen and oxygen atoms in total. The van der Waals surface area contributed by atoms with Gasteiger partial charge in [0.05, 0.1) is 18.6 Å². The minimum absolute atomic E-state index is 0.0653. The summed E-state index contributed by atoms with van der Waals surface area (Å²) in [5.74, 6) is -0.587. The first kappa shape index (κ1) is 31.7. The number of amides is 1. The number of rotatable bonds is 13. The van der Waals surface area contributed by atoms with Crippen LogP contribution in [0.1, 0.15) is 78.6 Å². The summed E-state index contributed by atoms with van der Waals surface area (Å²) in [7, 11) is 0. The number of alkyl halides is 3. The molecule has 220 valence electrons. The normalized spacial score (nSPS) is 11.8. The fourth-order valence-corrected chi connectivity index (χ4v) is 5.47. The average molecular weight is 570 g/mol. The van der Waals surface area contributed by atoms with E-state index in [2.05, 4.69) is 19.2 Å². The Morgan fingerprint density at radius 3 is 1.88 bits per heavy atom. The molecule has 8 heteroatoms. The number of aryl methyl sites for hydroxylation is 2. The van der Waals surface area contributed by atoms with Gasteiger partial charge in [-0.2, -0.15) is 13.2 Å². The van der Waals surface area contributed by atoms with Crippen LogP contribution in [0.2, 0.25) is 0 Å². The van der Waals surface area contributed by atoms with Crippen molar-refractivity contribution in [3.63, 3.8) is 0 Å². The lowest BCUT2D eigenvalue weighted by Crippen LogP contribution is -2.34. The van der Waals surface area contributed by atoms with E-state index in [-0.39, 0.29) is 24.3 Å². The van der Waals surface area contributed by atoms with Crippen molar-refractivity contribution in [2.75, 3.05) is 13.2 Å². The van der Waals surface area contributed by atoms with Gasteiger partial charge in [-0.25, -0.2) is 0 Å². The molecule has 3 aromatic carbocycles. The highest BCUT2D eigenvalue weighted by atomic mass is 19.4. The van der Waals surface area contributed by atoms with Crippen LogP contribution in [0.5, 0.6) is 5.75 Å². The lowest BCUT2D eigenvalue weighted by atomic mass is 9.74. The molecule has 0 aliphatic heterocycles. The highest BCUT2D eigenvalue weighted by Gasteiger charge is 2.32. The van der Waals surface area contributed by atoms with Gasteiger partial charge in [0.2, 0.25) is 0 Å². The van der Waals surface area contributed by atoms with E-state index < -0.39 is 17.7 Å². The van der Waals surface area contributed by atoms with Gasteiger partial charge in [0.15, 0.2) is 0 Å². The van der Waals surface area contributed by atoms with Crippen LogP contribution in [0.3, 0.4) is 0 Å². The molecule has 0 heterocycles. The van der Waals surface area contributed by atoms with Gasteiger partial charge in [0.25, 0.3) is 5.91 Å². The number of carbonyl (C=O) groups is 2. The predicted molar refractivity (Wildman–Crippen MR) is 154 cm³/mol. The summed E-state index contributed by atoms with van der Waals surface area (Å²) in [6, 6.07) is 16.5. The second kappa shape index (κ2) is 13.7. The van der Waals surface area contributed by atoms with Crippen molar-refractivity contribution in [2.24, 2.45) is 0 Å². The Kier molecular flexibility index (Phi) is 10.6. The molecule has 41 heavy (non-hydrogen) atoms. The third-order valence-corrected chi connectivity index (χ3v) is 7.36. The van der Waals surface area contributed by atoms with Gasteiger partial charge in [0.1, 0.15) is 5.75 Å². The summed E-state index contributed by atoms with van der Waals surface area (Å²) in [5.41, 5.74) is 4.01. The molecular weight excluding hydrogens is 531 g/mol. The second-order valence-corrected chi connectivity index (χ2v) is 10.6. The molecule has 0 saturated heterocycles. The summed E-state index contributed by atoms with van der Waals surface area (Å²) < 4.78 is 45.5. The zero-order chi connectivity index (χ0) is 30.2. The van der Waals surface area contributed by atoms with E-state index in [1.165, 1.54) is 12.1 Å². The smallest absolute Gasteiger partial charge is 0.416 e. The third kappa shape index (κ3) is 8.12. The first-order valence-electron chi connectivity index (χ1n) is 13.9. The molecular formula is C33H38F3NO4. The van der Waals surface area contributed by atoms with E-state index in [1.807, 2.05) is 38.1 Å². The molecule has 0 bridgehead atoms. The molecule has 0 unspecified atom stereocenters. The number of carbonyl (C=O) groups excluding carboxylic acids is 1. The maximum absolute atomic E-state index is 13.0. The lowest BCUT2D eigenvalue weighted by molar-refractivity contribution is -0.138. The molecule has 0 spiro atoms. The molecule has 3 aromatic rings. The van der Waals surface area contributed by atoms with Crippen molar-refractivity contribution in [3.05, 3.63) is 88.5 Å². The summed E-state index contributed by atoms with van der Waals surface area (Å²) in [6.45, 7) is 8.60. The minimum Gasteiger partial charge on any atom is -0.493 e. The number of aliphatic carboxylic acids is 1. The number of nitrogens with one attached hydrogen (secondary N) is 1. The van der Waals surface area contributed by atoms with Gasteiger partial charge in [-0.15, -0.1) is 0 Å². The molecule has 3 rings (SSSR count). The Balaban J connectivity index is 1.82. The molecule has 0 saturated carbocycles. The predicted octanol–water partition coefficient (Wildman–Crippen LogP) is 8.11. The van der Waals surface area contributed by atoms with Crippen molar-refractivity contribution >= 4 is 11.9 Å². The number of hydrogen-bond donors (Lipinski definition) is 2. The summed E-state index contributed by atoms with van der Waals surface area (Å²) in [4.78, 5) is 23.1. The quantitative estimate of drug-likeness (QED) is 0.218. The number of hydrogen-bond acceptors (Lipinski definition) is 3. The van der Waals surface area contributed by atoms with Crippen LogP contribution in [-0.2, 0) is 16.4 Å². The molecule has 0 atom stereocenters. The Bertz CT molecular complexity index is 1300. The molecule has 0 aromatic heterocycles. The van der Waals surface area contributed by atoms with E-state index in [1.54, 1.807) is 12.1 Å². The zero-order valence-corrected chi connectivity index (χ0v) is 24.0. The van der Waals surface area contributed by atoms with Crippen LogP contribution < -0.4 is 10.1 Å². The fraction of sp³-hybridized carbons (Fsp3) is 0.394. The van der Waals surface area contributed by atoms with Gasteiger partial charge in [-0.1, -0.05) is 51.0 Å². The Morgan fingerprint density at radius 2 is 1.39 bits per heavy atom. The molecule has 0 aliphatic rings. The number of ether oxygens (including phenoxy) is 1. The van der Waals surface area contributed by atoms with Crippen LogP contribution in [0.15, 0.2) is 60.7 Å². The number of carboxylic acids is 1. The van der Waals surface area contributed by atoms with Crippen LogP contribution in [0.25, 0.3) is 11.1 Å². The maximum atomic E-state index is 13.0. The van der Waals surface area contributed by atoms with Crippen LogP contribution in [-0.4, -0.2) is 30.1 Å². The van der Waals surface area contributed by atoms with Crippen LogP contribution >= 0.6 is 0 Å². The van der Waals surface area contributed by atoms with E-state index in [0.29, 0.717) is 17.9 Å². The number of carboxylic acid groups (broad SMARTS) is 1. The molecule has 1 amide bonds. The highest BCUT2D eigenvalue weighted by Crippen LogP contribution is 2.38.